The van der Waals surface area contributed by atoms with E-state index in [1.165, 1.54) is 12.1 Å². The number of aliphatic carboxylic acids is 1. The van der Waals surface area contributed by atoms with Crippen molar-refractivity contribution in [1.29, 1.82) is 0 Å². The third-order valence-corrected chi connectivity index (χ3v) is 2.74. The molecule has 0 aliphatic heterocycles. The largest absolute Gasteiger partial charge is 0.481 e. The number of rotatable bonds is 4. The van der Waals surface area contributed by atoms with Gasteiger partial charge in [0.05, 0.1) is 0 Å². The highest BCUT2D eigenvalue weighted by atomic mass is 19.1. The molecule has 2 rings (SSSR count). The van der Waals surface area contributed by atoms with Crippen molar-refractivity contribution in [3.05, 3.63) is 59.4 Å². The summed E-state index contributed by atoms with van der Waals surface area (Å²) in [6, 6.07) is 5.89. The van der Waals surface area contributed by atoms with Crippen LogP contribution < -0.4 is 0 Å². The Morgan fingerprint density at radius 2 is 2.05 bits per heavy atom. The van der Waals surface area contributed by atoms with Crippen molar-refractivity contribution in [2.45, 2.75) is 19.3 Å². The molecule has 1 unspecified atom stereocenters. The Morgan fingerprint density at radius 3 is 2.63 bits per heavy atom. The molecule has 0 spiro atoms. The van der Waals surface area contributed by atoms with E-state index >= 15 is 0 Å². The lowest BCUT2D eigenvalue weighted by atomic mass is 9.98. The van der Waals surface area contributed by atoms with Crippen molar-refractivity contribution in [1.82, 2.24) is 9.97 Å². The molecule has 1 aromatic carbocycles. The second-order valence-corrected chi connectivity index (χ2v) is 4.34. The zero-order valence-electron chi connectivity index (χ0n) is 10.4. The van der Waals surface area contributed by atoms with E-state index in [4.69, 9.17) is 0 Å². The Bertz CT molecular complexity index is 584. The quantitative estimate of drug-likeness (QED) is 0.916. The molecule has 0 saturated carbocycles. The predicted molar refractivity (Wildman–Crippen MR) is 67.2 cm³/mol. The number of carboxylic acids is 1. The minimum absolute atomic E-state index is 0.163. The topological polar surface area (TPSA) is 63.1 Å². The molecular formula is C14H13FN2O2. The Kier molecular flexibility index (Phi) is 3.85. The summed E-state index contributed by atoms with van der Waals surface area (Å²) < 4.78 is 13.1. The molecule has 1 heterocycles. The molecule has 5 heteroatoms. The Balaban J connectivity index is 2.26. The molecule has 2 aromatic rings. The van der Waals surface area contributed by atoms with Gasteiger partial charge in [0.15, 0.2) is 0 Å². The van der Waals surface area contributed by atoms with Crippen molar-refractivity contribution in [3.63, 3.8) is 0 Å². The van der Waals surface area contributed by atoms with E-state index in [1.54, 1.807) is 24.5 Å². The summed E-state index contributed by atoms with van der Waals surface area (Å²) >= 11 is 0. The number of carbonyl (C=O) groups is 1. The summed E-state index contributed by atoms with van der Waals surface area (Å²) in [6.45, 7) is 1.83. The van der Waals surface area contributed by atoms with Gasteiger partial charge in [-0.05, 0) is 36.6 Å². The number of hydrogen-bond acceptors (Lipinski definition) is 3. The second-order valence-electron chi connectivity index (χ2n) is 4.34. The monoisotopic (exact) mass is 260 g/mol. The van der Waals surface area contributed by atoms with E-state index in [9.17, 15) is 14.3 Å². The average molecular weight is 260 g/mol. The number of benzene rings is 1. The number of aromatic nitrogens is 2. The molecular weight excluding hydrogens is 247 g/mol. The van der Waals surface area contributed by atoms with Crippen molar-refractivity contribution < 1.29 is 14.3 Å². The van der Waals surface area contributed by atoms with Crippen molar-refractivity contribution in [3.8, 4) is 0 Å². The number of aryl methyl sites for hydroxylation is 1. The SMILES string of the molecule is Cc1cnc(C(Cc2cccc(F)c2)C(=O)O)nc1. The van der Waals surface area contributed by atoms with Crippen LogP contribution in [0.2, 0.25) is 0 Å². The zero-order valence-corrected chi connectivity index (χ0v) is 10.4. The third kappa shape index (κ3) is 3.34. The predicted octanol–water partition coefficient (Wildman–Crippen LogP) is 2.34. The minimum atomic E-state index is -1.02. The highest BCUT2D eigenvalue weighted by Gasteiger charge is 2.23. The maximum Gasteiger partial charge on any atom is 0.314 e. The molecule has 0 aliphatic rings. The van der Waals surface area contributed by atoms with Gasteiger partial charge in [-0.15, -0.1) is 0 Å². The van der Waals surface area contributed by atoms with Crippen molar-refractivity contribution in [2.24, 2.45) is 0 Å². The van der Waals surface area contributed by atoms with Crippen LogP contribution in [0.25, 0.3) is 0 Å². The fourth-order valence-electron chi connectivity index (χ4n) is 1.77. The maximum atomic E-state index is 13.1. The number of hydrogen-bond donors (Lipinski definition) is 1. The minimum Gasteiger partial charge on any atom is -0.481 e. The van der Waals surface area contributed by atoms with Crippen LogP contribution >= 0.6 is 0 Å². The molecule has 4 nitrogen and oxygen atoms in total. The van der Waals surface area contributed by atoms with E-state index in [0.717, 1.165) is 5.56 Å². The highest BCUT2D eigenvalue weighted by Crippen LogP contribution is 2.18. The lowest BCUT2D eigenvalue weighted by Gasteiger charge is -2.11. The molecule has 0 amide bonds. The van der Waals surface area contributed by atoms with Crippen LogP contribution in [-0.2, 0) is 11.2 Å². The first-order chi connectivity index (χ1) is 9.06. The van der Waals surface area contributed by atoms with Crippen LogP contribution in [-0.4, -0.2) is 21.0 Å². The van der Waals surface area contributed by atoms with Crippen LogP contribution in [0.15, 0.2) is 36.7 Å². The normalized spacial score (nSPS) is 12.1. The van der Waals surface area contributed by atoms with Crippen molar-refractivity contribution in [2.75, 3.05) is 0 Å². The van der Waals surface area contributed by atoms with E-state index in [1.807, 2.05) is 6.92 Å². The number of halogens is 1. The van der Waals surface area contributed by atoms with Gasteiger partial charge in [-0.25, -0.2) is 14.4 Å². The summed E-state index contributed by atoms with van der Waals surface area (Å²) in [4.78, 5) is 19.4. The van der Waals surface area contributed by atoms with E-state index in [2.05, 4.69) is 9.97 Å². The average Bonchev–Trinajstić information content (AvgIpc) is 2.37. The van der Waals surface area contributed by atoms with Gasteiger partial charge in [0, 0.05) is 12.4 Å². The Morgan fingerprint density at radius 1 is 1.37 bits per heavy atom. The maximum absolute atomic E-state index is 13.1. The summed E-state index contributed by atoms with van der Waals surface area (Å²) in [5.41, 5.74) is 1.47. The molecule has 0 saturated heterocycles. The van der Waals surface area contributed by atoms with Crippen molar-refractivity contribution >= 4 is 5.97 Å². The van der Waals surface area contributed by atoms with Crippen LogP contribution in [0.4, 0.5) is 4.39 Å². The highest BCUT2D eigenvalue weighted by molar-refractivity contribution is 5.75. The van der Waals surface area contributed by atoms with Gasteiger partial charge in [-0.3, -0.25) is 4.79 Å². The molecule has 1 aromatic heterocycles. The zero-order chi connectivity index (χ0) is 13.8. The number of nitrogens with zero attached hydrogens (tertiary/aromatic N) is 2. The first kappa shape index (κ1) is 13.1. The van der Waals surface area contributed by atoms with Gasteiger partial charge in [-0.2, -0.15) is 0 Å². The van der Waals surface area contributed by atoms with E-state index in [0.29, 0.717) is 5.56 Å². The standard InChI is InChI=1S/C14H13FN2O2/c1-9-7-16-13(17-8-9)12(14(18)19)6-10-3-2-4-11(15)5-10/h2-5,7-8,12H,6H2,1H3,(H,18,19). The van der Waals surface area contributed by atoms with E-state index in [-0.39, 0.29) is 18.1 Å². The molecule has 0 aliphatic carbocycles. The number of carboxylic acid groups (broad SMARTS) is 1. The molecule has 0 fully saturated rings. The molecule has 19 heavy (non-hydrogen) atoms. The lowest BCUT2D eigenvalue weighted by molar-refractivity contribution is -0.139. The summed E-state index contributed by atoms with van der Waals surface area (Å²) in [5, 5.41) is 9.25. The summed E-state index contributed by atoms with van der Waals surface area (Å²) in [7, 11) is 0. The van der Waals surface area contributed by atoms with Crippen LogP contribution in [0.1, 0.15) is 22.9 Å². The first-order valence-electron chi connectivity index (χ1n) is 5.82. The second kappa shape index (κ2) is 5.56. The van der Waals surface area contributed by atoms with E-state index < -0.39 is 11.9 Å². The molecule has 0 bridgehead atoms. The Hall–Kier alpha value is -2.30. The van der Waals surface area contributed by atoms with Gasteiger partial charge in [-0.1, -0.05) is 12.1 Å². The molecule has 0 radical (unpaired) electrons. The van der Waals surface area contributed by atoms with Crippen LogP contribution in [0, 0.1) is 12.7 Å². The van der Waals surface area contributed by atoms with Gasteiger partial charge < -0.3 is 5.11 Å². The molecule has 98 valence electrons. The van der Waals surface area contributed by atoms with Crippen LogP contribution in [0.5, 0.6) is 0 Å². The summed E-state index contributed by atoms with van der Waals surface area (Å²) in [6.07, 6.45) is 3.31. The Labute approximate surface area is 110 Å². The lowest BCUT2D eigenvalue weighted by Crippen LogP contribution is -2.17. The third-order valence-electron chi connectivity index (χ3n) is 2.74. The molecule has 1 N–H and O–H groups in total. The fraction of sp³-hybridized carbons (Fsp3) is 0.214. The van der Waals surface area contributed by atoms with Gasteiger partial charge in [0.25, 0.3) is 0 Å². The van der Waals surface area contributed by atoms with Gasteiger partial charge >= 0.3 is 5.97 Å². The van der Waals surface area contributed by atoms with Gasteiger partial charge in [0.2, 0.25) is 0 Å². The first-order valence-corrected chi connectivity index (χ1v) is 5.82. The fourth-order valence-corrected chi connectivity index (χ4v) is 1.77. The smallest absolute Gasteiger partial charge is 0.314 e. The summed E-state index contributed by atoms with van der Waals surface area (Å²) in [5.74, 6) is -2.04. The van der Waals surface area contributed by atoms with Crippen LogP contribution in [0.3, 0.4) is 0 Å². The molecule has 1 atom stereocenters. The van der Waals surface area contributed by atoms with Gasteiger partial charge in [0.1, 0.15) is 17.6 Å².